The van der Waals surface area contributed by atoms with Crippen molar-refractivity contribution in [1.29, 1.82) is 0 Å². The zero-order valence-corrected chi connectivity index (χ0v) is 16.0. The molecular weight excluding hydrogens is 418 g/mol. The van der Waals surface area contributed by atoms with Crippen LogP contribution in [0.1, 0.15) is 32.1 Å². The summed E-state index contributed by atoms with van der Waals surface area (Å²) < 4.78 is 78.9. The van der Waals surface area contributed by atoms with Crippen molar-refractivity contribution >= 4 is 22.1 Å². The maximum atomic E-state index is 13.5. The fourth-order valence-corrected chi connectivity index (χ4v) is 6.31. The number of ether oxygens (including phenoxy) is 4. The van der Waals surface area contributed by atoms with Crippen LogP contribution in [0.4, 0.5) is 8.78 Å². The van der Waals surface area contributed by atoms with Crippen molar-refractivity contribution in [3.8, 4) is 0 Å². The van der Waals surface area contributed by atoms with E-state index in [0.29, 0.717) is 6.42 Å². The van der Waals surface area contributed by atoms with Crippen molar-refractivity contribution in [1.82, 2.24) is 0 Å². The van der Waals surface area contributed by atoms with Crippen LogP contribution in [0, 0.1) is 23.2 Å². The molecule has 1 N–H and O–H groups in total. The zero-order chi connectivity index (χ0) is 20.8. The second-order valence-electron chi connectivity index (χ2n) is 8.86. The van der Waals surface area contributed by atoms with Gasteiger partial charge in [-0.15, -0.1) is 0 Å². The van der Waals surface area contributed by atoms with Crippen molar-refractivity contribution in [2.24, 2.45) is 23.2 Å². The van der Waals surface area contributed by atoms with Gasteiger partial charge in [0.2, 0.25) is 0 Å². The monoisotopic (exact) mass is 438 g/mol. The van der Waals surface area contributed by atoms with Gasteiger partial charge in [0.1, 0.15) is 12.7 Å². The first-order valence-electron chi connectivity index (χ1n) is 9.50. The van der Waals surface area contributed by atoms with E-state index in [9.17, 15) is 26.8 Å². The number of fused-ring (bicyclic) bond motifs is 1. The Morgan fingerprint density at radius 2 is 1.86 bits per heavy atom. The molecule has 0 aromatic heterocycles. The molecule has 162 valence electrons. The van der Waals surface area contributed by atoms with Gasteiger partial charge in [0.05, 0.1) is 5.41 Å². The van der Waals surface area contributed by atoms with Gasteiger partial charge in [-0.25, -0.2) is 4.79 Å². The summed E-state index contributed by atoms with van der Waals surface area (Å²) in [6.07, 6.45) is 1.19. The summed E-state index contributed by atoms with van der Waals surface area (Å²) in [4.78, 5) is 24.6. The van der Waals surface area contributed by atoms with E-state index >= 15 is 0 Å². The molecule has 2 aliphatic heterocycles. The smallest absolute Gasteiger partial charge is 0.402 e. The lowest BCUT2D eigenvalue weighted by molar-refractivity contribution is -0.314. The molecule has 4 bridgehead atoms. The Labute approximate surface area is 164 Å². The molecule has 6 aliphatic rings. The zero-order valence-electron chi connectivity index (χ0n) is 15.2. The number of esters is 2. The number of alkyl halides is 2. The SMILES string of the molecule is O=C1OCC2OC3(OC12)C1CC2C[C@@H]3CC(C(=O)OCC(F)(F)S(=O)(=O)O)(C2)C1. The topological polar surface area (TPSA) is 125 Å². The molecular formula is C17H20F2O9S. The molecule has 4 aliphatic carbocycles. The lowest BCUT2D eigenvalue weighted by atomic mass is 9.47. The fourth-order valence-electron chi connectivity index (χ4n) is 6.11. The Balaban J connectivity index is 1.35. The molecule has 1 spiro atoms. The number of cyclic esters (lactones) is 1. The number of hydrogen-bond acceptors (Lipinski definition) is 8. The van der Waals surface area contributed by atoms with Crippen molar-refractivity contribution in [2.45, 2.75) is 55.4 Å². The van der Waals surface area contributed by atoms with Crippen LogP contribution >= 0.6 is 0 Å². The molecule has 6 unspecified atom stereocenters. The van der Waals surface area contributed by atoms with Gasteiger partial charge in [-0.1, -0.05) is 0 Å². The van der Waals surface area contributed by atoms with Gasteiger partial charge in [0, 0.05) is 11.8 Å². The Hall–Kier alpha value is -1.37. The van der Waals surface area contributed by atoms with Crippen molar-refractivity contribution in [2.75, 3.05) is 13.2 Å². The quantitative estimate of drug-likeness (QED) is 0.503. The lowest BCUT2D eigenvalue weighted by Crippen LogP contribution is -2.64. The summed E-state index contributed by atoms with van der Waals surface area (Å²) in [6.45, 7) is -1.62. The van der Waals surface area contributed by atoms with Crippen LogP contribution in [-0.2, 0) is 38.7 Å². The van der Waals surface area contributed by atoms with Gasteiger partial charge >= 0.3 is 27.3 Å². The van der Waals surface area contributed by atoms with E-state index in [1.165, 1.54) is 0 Å². The molecule has 12 heteroatoms. The van der Waals surface area contributed by atoms with Crippen LogP contribution < -0.4 is 0 Å². The first-order chi connectivity index (χ1) is 13.5. The summed E-state index contributed by atoms with van der Waals surface area (Å²) in [5.74, 6) is -2.61. The minimum Gasteiger partial charge on any atom is -0.461 e. The van der Waals surface area contributed by atoms with E-state index in [1.54, 1.807) is 0 Å². The lowest BCUT2D eigenvalue weighted by Gasteiger charge is -2.61. The summed E-state index contributed by atoms with van der Waals surface area (Å²) in [5, 5.41) is -4.57. The van der Waals surface area contributed by atoms with E-state index in [0.717, 1.165) is 12.8 Å². The van der Waals surface area contributed by atoms with Crippen LogP contribution in [0.15, 0.2) is 0 Å². The maximum Gasteiger partial charge on any atom is 0.402 e. The van der Waals surface area contributed by atoms with Gasteiger partial charge in [0.15, 0.2) is 18.5 Å². The molecule has 29 heavy (non-hydrogen) atoms. The number of rotatable bonds is 4. The van der Waals surface area contributed by atoms with E-state index < -0.39 is 57.3 Å². The van der Waals surface area contributed by atoms with Crippen LogP contribution in [0.3, 0.4) is 0 Å². The third kappa shape index (κ3) is 2.68. The first kappa shape index (κ1) is 19.6. The Morgan fingerprint density at radius 1 is 1.21 bits per heavy atom. The maximum absolute atomic E-state index is 13.5. The van der Waals surface area contributed by atoms with E-state index in [2.05, 4.69) is 4.74 Å². The highest BCUT2D eigenvalue weighted by molar-refractivity contribution is 7.86. The number of carbonyl (C=O) groups excluding carboxylic acids is 2. The predicted molar refractivity (Wildman–Crippen MR) is 86.9 cm³/mol. The Kier molecular flexibility index (Phi) is 3.96. The highest BCUT2D eigenvalue weighted by Crippen LogP contribution is 2.67. The van der Waals surface area contributed by atoms with E-state index in [-0.39, 0.29) is 37.2 Å². The number of hydrogen-bond donors (Lipinski definition) is 1. The molecule has 6 fully saturated rings. The van der Waals surface area contributed by atoms with Crippen LogP contribution in [-0.4, -0.2) is 61.4 Å². The van der Waals surface area contributed by atoms with Gasteiger partial charge < -0.3 is 18.9 Å². The summed E-state index contributed by atoms with van der Waals surface area (Å²) in [7, 11) is -5.68. The van der Waals surface area contributed by atoms with Gasteiger partial charge in [-0.3, -0.25) is 9.35 Å². The molecule has 9 nitrogen and oxygen atoms in total. The molecule has 0 radical (unpaired) electrons. The normalized spacial score (nSPS) is 45.5. The molecule has 0 aromatic rings. The van der Waals surface area contributed by atoms with Crippen molar-refractivity contribution in [3.05, 3.63) is 0 Å². The highest BCUT2D eigenvalue weighted by atomic mass is 32.2. The summed E-state index contributed by atoms with van der Waals surface area (Å²) >= 11 is 0. The number of halogens is 2. The molecule has 6 rings (SSSR count). The molecule has 2 saturated heterocycles. The number of carbonyl (C=O) groups is 2. The molecule has 4 saturated carbocycles. The molecule has 0 amide bonds. The minimum atomic E-state index is -5.68. The second-order valence-corrected chi connectivity index (χ2v) is 10.4. The van der Waals surface area contributed by atoms with E-state index in [1.807, 2.05) is 0 Å². The summed E-state index contributed by atoms with van der Waals surface area (Å²) in [5.41, 5.74) is -1.03. The van der Waals surface area contributed by atoms with Crippen LogP contribution in [0.25, 0.3) is 0 Å². The first-order valence-corrected chi connectivity index (χ1v) is 10.9. The third-order valence-electron chi connectivity index (χ3n) is 7.12. The third-order valence-corrected chi connectivity index (χ3v) is 7.99. The minimum absolute atomic E-state index is 0.117. The second kappa shape index (κ2) is 5.86. The van der Waals surface area contributed by atoms with Crippen LogP contribution in [0.2, 0.25) is 0 Å². The molecule has 2 heterocycles. The van der Waals surface area contributed by atoms with Gasteiger partial charge in [0.25, 0.3) is 0 Å². The van der Waals surface area contributed by atoms with Crippen molar-refractivity contribution in [3.63, 3.8) is 0 Å². The Bertz CT molecular complexity index is 856. The Morgan fingerprint density at radius 3 is 2.45 bits per heavy atom. The standard InChI is InChI=1S/C17H20F2O9S/c18-16(19,29(22,23)24)7-26-14(21)15-3-8-1-9(4-15)17(10(2-8)5-15)27-11-6-25-13(20)12(11)28-17/h8-12H,1-7H2,(H,22,23,24)/t8?,9-,10?,11?,12?,15?,17?/m1/s1. The van der Waals surface area contributed by atoms with E-state index in [4.69, 9.17) is 18.8 Å². The average molecular weight is 438 g/mol. The molecule has 0 aromatic carbocycles. The summed E-state index contributed by atoms with van der Waals surface area (Å²) in [6, 6.07) is 0. The average Bonchev–Trinajstić information content (AvgIpc) is 3.16. The fraction of sp³-hybridized carbons (Fsp3) is 0.882. The van der Waals surface area contributed by atoms with Crippen molar-refractivity contribution < 1.29 is 50.3 Å². The van der Waals surface area contributed by atoms with Gasteiger partial charge in [-0.05, 0) is 38.0 Å². The molecule has 7 atom stereocenters. The predicted octanol–water partition coefficient (Wildman–Crippen LogP) is 0.874. The highest BCUT2D eigenvalue weighted by Gasteiger charge is 2.71. The van der Waals surface area contributed by atoms with Gasteiger partial charge in [-0.2, -0.15) is 17.2 Å². The van der Waals surface area contributed by atoms with Crippen LogP contribution in [0.5, 0.6) is 0 Å². The largest absolute Gasteiger partial charge is 0.461 e.